The Bertz CT molecular complexity index is 451. The molecule has 17 heavy (non-hydrogen) atoms. The molecule has 2 rings (SSSR count). The first-order chi connectivity index (χ1) is 7.87. The van der Waals surface area contributed by atoms with Gasteiger partial charge in [0.2, 0.25) is 11.8 Å². The van der Waals surface area contributed by atoms with Crippen LogP contribution in [0.3, 0.4) is 0 Å². The molecule has 92 valence electrons. The van der Waals surface area contributed by atoms with Gasteiger partial charge in [0.25, 0.3) is 0 Å². The predicted molar refractivity (Wildman–Crippen MR) is 57.4 cm³/mol. The van der Waals surface area contributed by atoms with Crippen molar-refractivity contribution >= 4 is 11.6 Å². The highest BCUT2D eigenvalue weighted by molar-refractivity contribution is 5.93. The SMILES string of the molecule is Cc1ccc(NC(=O)C2CC(F)(F)C2)cc1F. The number of carbonyl (C=O) groups is 1. The summed E-state index contributed by atoms with van der Waals surface area (Å²) in [6.45, 7) is 1.60. The number of carbonyl (C=O) groups excluding carboxylic acids is 1. The molecule has 1 aliphatic rings. The Hall–Kier alpha value is -1.52. The number of rotatable bonds is 2. The van der Waals surface area contributed by atoms with E-state index in [4.69, 9.17) is 0 Å². The summed E-state index contributed by atoms with van der Waals surface area (Å²) in [5.41, 5.74) is 0.770. The van der Waals surface area contributed by atoms with Gasteiger partial charge in [0.05, 0.1) is 0 Å². The van der Waals surface area contributed by atoms with Crippen molar-refractivity contribution in [1.29, 1.82) is 0 Å². The molecule has 2 nitrogen and oxygen atoms in total. The van der Waals surface area contributed by atoms with E-state index >= 15 is 0 Å². The maximum atomic E-state index is 13.2. The van der Waals surface area contributed by atoms with Crippen LogP contribution in [0.25, 0.3) is 0 Å². The molecule has 1 fully saturated rings. The van der Waals surface area contributed by atoms with Crippen molar-refractivity contribution in [2.75, 3.05) is 5.32 Å². The van der Waals surface area contributed by atoms with Gasteiger partial charge in [0.1, 0.15) is 5.82 Å². The van der Waals surface area contributed by atoms with E-state index in [1.165, 1.54) is 12.1 Å². The van der Waals surface area contributed by atoms with Crippen molar-refractivity contribution in [3.05, 3.63) is 29.6 Å². The lowest BCUT2D eigenvalue weighted by atomic mass is 9.81. The van der Waals surface area contributed by atoms with Gasteiger partial charge in [-0.25, -0.2) is 13.2 Å². The fraction of sp³-hybridized carbons (Fsp3) is 0.417. The average molecular weight is 243 g/mol. The molecule has 0 atom stereocenters. The fourth-order valence-electron chi connectivity index (χ4n) is 1.76. The van der Waals surface area contributed by atoms with E-state index in [-0.39, 0.29) is 0 Å². The van der Waals surface area contributed by atoms with Crippen LogP contribution in [0.2, 0.25) is 0 Å². The second-order valence-corrected chi connectivity index (χ2v) is 4.41. The van der Waals surface area contributed by atoms with E-state index in [2.05, 4.69) is 5.32 Å². The van der Waals surface area contributed by atoms with Gasteiger partial charge in [-0.2, -0.15) is 0 Å². The fourth-order valence-corrected chi connectivity index (χ4v) is 1.76. The molecule has 1 N–H and O–H groups in total. The first kappa shape index (κ1) is 12.0. The molecule has 5 heteroatoms. The number of halogens is 3. The number of benzene rings is 1. The summed E-state index contributed by atoms with van der Waals surface area (Å²) in [7, 11) is 0. The number of alkyl halides is 2. The van der Waals surface area contributed by atoms with Crippen LogP contribution in [0.15, 0.2) is 18.2 Å². The highest BCUT2D eigenvalue weighted by Crippen LogP contribution is 2.42. The van der Waals surface area contributed by atoms with Gasteiger partial charge in [-0.05, 0) is 24.6 Å². The number of anilines is 1. The van der Waals surface area contributed by atoms with Crippen LogP contribution in [0.1, 0.15) is 18.4 Å². The minimum Gasteiger partial charge on any atom is -0.326 e. The molecule has 1 saturated carbocycles. The number of aryl methyl sites for hydroxylation is 1. The maximum absolute atomic E-state index is 13.2. The lowest BCUT2D eigenvalue weighted by molar-refractivity contribution is -0.145. The molecular weight excluding hydrogens is 231 g/mol. The zero-order valence-electron chi connectivity index (χ0n) is 9.27. The number of hydrogen-bond donors (Lipinski definition) is 1. The molecule has 0 aromatic heterocycles. The van der Waals surface area contributed by atoms with Crippen LogP contribution in [0.4, 0.5) is 18.9 Å². The maximum Gasteiger partial charge on any atom is 0.249 e. The third kappa shape index (κ3) is 2.60. The van der Waals surface area contributed by atoms with Crippen molar-refractivity contribution in [2.45, 2.75) is 25.7 Å². The first-order valence-corrected chi connectivity index (χ1v) is 5.32. The third-order valence-corrected chi connectivity index (χ3v) is 2.90. The molecule has 1 aromatic rings. The van der Waals surface area contributed by atoms with Crippen molar-refractivity contribution in [3.63, 3.8) is 0 Å². The number of nitrogens with one attached hydrogen (secondary N) is 1. The minimum absolute atomic E-state index is 0.299. The molecule has 0 aliphatic heterocycles. The van der Waals surface area contributed by atoms with Crippen LogP contribution in [0.5, 0.6) is 0 Å². The highest BCUT2D eigenvalue weighted by Gasteiger charge is 2.48. The van der Waals surface area contributed by atoms with Crippen LogP contribution in [-0.2, 0) is 4.79 Å². The summed E-state index contributed by atoms with van der Waals surface area (Å²) in [6, 6.07) is 4.26. The molecular formula is C12H12F3NO. The monoisotopic (exact) mass is 243 g/mol. The minimum atomic E-state index is -2.72. The molecule has 0 saturated heterocycles. The summed E-state index contributed by atoms with van der Waals surface area (Å²) in [6.07, 6.45) is -0.847. The van der Waals surface area contributed by atoms with E-state index < -0.39 is 36.4 Å². The normalized spacial score (nSPS) is 18.6. The second-order valence-electron chi connectivity index (χ2n) is 4.41. The summed E-state index contributed by atoms with van der Waals surface area (Å²) in [5.74, 6) is -4.30. The first-order valence-electron chi connectivity index (χ1n) is 5.32. The standard InChI is InChI=1S/C12H12F3NO/c1-7-2-3-9(4-10(7)13)16-11(17)8-5-12(14,15)6-8/h2-4,8H,5-6H2,1H3,(H,16,17). The van der Waals surface area contributed by atoms with Crippen molar-refractivity contribution in [3.8, 4) is 0 Å². The van der Waals surface area contributed by atoms with Gasteiger partial charge < -0.3 is 5.32 Å². The van der Waals surface area contributed by atoms with Crippen LogP contribution >= 0.6 is 0 Å². The number of hydrogen-bond acceptors (Lipinski definition) is 1. The Morgan fingerprint density at radius 1 is 1.41 bits per heavy atom. The topological polar surface area (TPSA) is 29.1 Å². The Morgan fingerprint density at radius 3 is 2.59 bits per heavy atom. The molecule has 1 amide bonds. The number of amides is 1. The van der Waals surface area contributed by atoms with Gasteiger partial charge in [-0.15, -0.1) is 0 Å². The van der Waals surface area contributed by atoms with E-state index in [1.807, 2.05) is 0 Å². The quantitative estimate of drug-likeness (QED) is 0.849. The lowest BCUT2D eigenvalue weighted by Crippen LogP contribution is -2.42. The molecule has 0 heterocycles. The van der Waals surface area contributed by atoms with Crippen LogP contribution < -0.4 is 5.32 Å². The Labute approximate surface area is 96.8 Å². The third-order valence-electron chi connectivity index (χ3n) is 2.90. The molecule has 1 aliphatic carbocycles. The summed E-state index contributed by atoms with van der Waals surface area (Å²) < 4.78 is 38.3. The van der Waals surface area contributed by atoms with Gasteiger partial charge >= 0.3 is 0 Å². The predicted octanol–water partition coefficient (Wildman–Crippen LogP) is 3.12. The Balaban J connectivity index is 1.97. The van der Waals surface area contributed by atoms with Crippen molar-refractivity contribution in [1.82, 2.24) is 0 Å². The van der Waals surface area contributed by atoms with Crippen LogP contribution in [-0.4, -0.2) is 11.8 Å². The van der Waals surface area contributed by atoms with E-state index in [0.29, 0.717) is 11.3 Å². The molecule has 0 spiro atoms. The zero-order chi connectivity index (χ0) is 12.6. The smallest absolute Gasteiger partial charge is 0.249 e. The van der Waals surface area contributed by atoms with E-state index in [0.717, 1.165) is 0 Å². The van der Waals surface area contributed by atoms with Gasteiger partial charge in [0, 0.05) is 24.4 Å². The second kappa shape index (κ2) is 4.05. The largest absolute Gasteiger partial charge is 0.326 e. The van der Waals surface area contributed by atoms with E-state index in [1.54, 1.807) is 13.0 Å². The Morgan fingerprint density at radius 2 is 2.06 bits per heavy atom. The van der Waals surface area contributed by atoms with Gasteiger partial charge in [-0.1, -0.05) is 6.07 Å². The summed E-state index contributed by atoms with van der Waals surface area (Å²) in [5, 5.41) is 2.44. The van der Waals surface area contributed by atoms with Crippen molar-refractivity contribution < 1.29 is 18.0 Å². The summed E-state index contributed by atoms with van der Waals surface area (Å²) in [4.78, 5) is 11.5. The summed E-state index contributed by atoms with van der Waals surface area (Å²) >= 11 is 0. The average Bonchev–Trinajstić information content (AvgIpc) is 2.20. The molecule has 0 radical (unpaired) electrons. The molecule has 0 unspecified atom stereocenters. The zero-order valence-corrected chi connectivity index (χ0v) is 9.27. The van der Waals surface area contributed by atoms with Gasteiger partial charge in [0.15, 0.2) is 0 Å². The highest BCUT2D eigenvalue weighted by atomic mass is 19.3. The van der Waals surface area contributed by atoms with Crippen molar-refractivity contribution in [2.24, 2.45) is 5.92 Å². The van der Waals surface area contributed by atoms with E-state index in [9.17, 15) is 18.0 Å². The molecule has 0 bridgehead atoms. The Kier molecular flexibility index (Phi) is 2.85. The molecule has 1 aromatic carbocycles. The van der Waals surface area contributed by atoms with Crippen LogP contribution in [0, 0.1) is 18.7 Å². The van der Waals surface area contributed by atoms with Gasteiger partial charge in [-0.3, -0.25) is 4.79 Å². The lowest BCUT2D eigenvalue weighted by Gasteiger charge is -2.33.